The molecule has 182 valence electrons. The molecule has 0 spiro atoms. The molecule has 6 nitrogen and oxygen atoms in total. The van der Waals surface area contributed by atoms with Crippen molar-refractivity contribution >= 4 is 57.4 Å². The number of nitrogens with zero attached hydrogens (tertiary/aromatic N) is 2. The van der Waals surface area contributed by atoms with Gasteiger partial charge in [0.05, 0.1) is 5.69 Å². The predicted molar refractivity (Wildman–Crippen MR) is 140 cm³/mol. The minimum absolute atomic E-state index is 0.0340. The van der Waals surface area contributed by atoms with Gasteiger partial charge in [0, 0.05) is 33.6 Å². The molecule has 8 heteroatoms. The summed E-state index contributed by atoms with van der Waals surface area (Å²) < 4.78 is 0. The van der Waals surface area contributed by atoms with Crippen molar-refractivity contribution in [2.24, 2.45) is 0 Å². The topological polar surface area (TPSA) is 69.7 Å². The van der Waals surface area contributed by atoms with Crippen molar-refractivity contribution in [1.82, 2.24) is 10.2 Å². The minimum atomic E-state index is -0.779. The summed E-state index contributed by atoms with van der Waals surface area (Å²) in [4.78, 5) is 42.8. The molecule has 0 bridgehead atoms. The van der Waals surface area contributed by atoms with Crippen molar-refractivity contribution in [3.8, 4) is 0 Å². The number of carbonyl (C=O) groups excluding carboxylic acids is 3. The Morgan fingerprint density at radius 3 is 2.46 bits per heavy atom. The molecule has 3 amide bonds. The summed E-state index contributed by atoms with van der Waals surface area (Å²) in [6, 6.07) is 15.4. The van der Waals surface area contributed by atoms with E-state index in [1.807, 2.05) is 44.2 Å². The molecule has 1 aliphatic rings. The van der Waals surface area contributed by atoms with Gasteiger partial charge in [0.25, 0.3) is 5.91 Å². The van der Waals surface area contributed by atoms with Crippen LogP contribution in [-0.4, -0.2) is 41.2 Å². The Labute approximate surface area is 214 Å². The van der Waals surface area contributed by atoms with Crippen LogP contribution in [-0.2, 0) is 16.1 Å². The van der Waals surface area contributed by atoms with Crippen LogP contribution in [0.5, 0.6) is 0 Å². The largest absolute Gasteiger partial charge is 0.352 e. The maximum Gasteiger partial charge on any atom is 0.259 e. The molecule has 0 aliphatic carbocycles. The molecule has 0 aromatic heterocycles. The van der Waals surface area contributed by atoms with Gasteiger partial charge in [0.2, 0.25) is 11.8 Å². The third-order valence-corrected chi connectivity index (χ3v) is 7.05. The van der Waals surface area contributed by atoms with Crippen LogP contribution in [0.15, 0.2) is 54.6 Å². The highest BCUT2D eigenvalue weighted by molar-refractivity contribution is 6.35. The standard InChI is InChI=1S/C27H27Cl2N3O3/c1-4-16(2)30-26(34)17(3)31(14-19-11-12-20(28)13-22(19)29)24(33)15-32-23-10-6-8-18-7-5-9-21(25(18)23)27(32)35/h5-13,16-17H,4,14-15H2,1-3H3,(H,30,34)/t16-,17+/m0/s1. The normalized spacial score (nSPS) is 14.2. The van der Waals surface area contributed by atoms with Gasteiger partial charge >= 0.3 is 0 Å². The molecule has 0 fully saturated rings. The highest BCUT2D eigenvalue weighted by Gasteiger charge is 2.34. The zero-order valence-electron chi connectivity index (χ0n) is 19.8. The molecular weight excluding hydrogens is 485 g/mol. The molecule has 2 atom stereocenters. The van der Waals surface area contributed by atoms with E-state index in [2.05, 4.69) is 5.32 Å². The van der Waals surface area contributed by atoms with Crippen LogP contribution >= 0.6 is 23.2 Å². The smallest absolute Gasteiger partial charge is 0.259 e. The number of anilines is 1. The third-order valence-electron chi connectivity index (χ3n) is 6.47. The lowest BCUT2D eigenvalue weighted by atomic mass is 10.1. The first-order chi connectivity index (χ1) is 16.7. The van der Waals surface area contributed by atoms with Gasteiger partial charge in [0.1, 0.15) is 12.6 Å². The van der Waals surface area contributed by atoms with Crippen LogP contribution in [0.1, 0.15) is 43.1 Å². The lowest BCUT2D eigenvalue weighted by Gasteiger charge is -2.31. The molecule has 3 aromatic carbocycles. The minimum Gasteiger partial charge on any atom is -0.352 e. The van der Waals surface area contributed by atoms with Crippen LogP contribution in [0.4, 0.5) is 5.69 Å². The second-order valence-electron chi connectivity index (χ2n) is 8.82. The second kappa shape index (κ2) is 10.3. The first-order valence-electron chi connectivity index (χ1n) is 11.6. The van der Waals surface area contributed by atoms with Crippen molar-refractivity contribution in [2.45, 2.75) is 45.8 Å². The Balaban J connectivity index is 1.64. The summed E-state index contributed by atoms with van der Waals surface area (Å²) in [5.41, 5.74) is 1.92. The van der Waals surface area contributed by atoms with Gasteiger partial charge in [0.15, 0.2) is 0 Å². The van der Waals surface area contributed by atoms with Gasteiger partial charge in [-0.15, -0.1) is 0 Å². The quantitative estimate of drug-likeness (QED) is 0.437. The van der Waals surface area contributed by atoms with E-state index >= 15 is 0 Å². The van der Waals surface area contributed by atoms with Gasteiger partial charge in [-0.1, -0.05) is 60.5 Å². The number of hydrogen-bond donors (Lipinski definition) is 1. The lowest BCUT2D eigenvalue weighted by molar-refractivity contribution is -0.139. The first kappa shape index (κ1) is 25.0. The van der Waals surface area contributed by atoms with Crippen molar-refractivity contribution in [3.63, 3.8) is 0 Å². The fourth-order valence-corrected chi connectivity index (χ4v) is 4.71. The molecular formula is C27H27Cl2N3O3. The Hall–Kier alpha value is -3.09. The molecule has 3 aromatic rings. The summed E-state index contributed by atoms with van der Waals surface area (Å²) in [7, 11) is 0. The molecule has 1 aliphatic heterocycles. The maximum atomic E-state index is 13.7. The summed E-state index contributed by atoms with van der Waals surface area (Å²) in [6.07, 6.45) is 0.764. The second-order valence-corrected chi connectivity index (χ2v) is 9.67. The number of rotatable bonds is 8. The van der Waals surface area contributed by atoms with Crippen LogP contribution < -0.4 is 10.2 Å². The van der Waals surface area contributed by atoms with Crippen LogP contribution in [0.2, 0.25) is 10.0 Å². The Bertz CT molecular complexity index is 1300. The zero-order chi connectivity index (χ0) is 25.3. The highest BCUT2D eigenvalue weighted by Crippen LogP contribution is 2.37. The van der Waals surface area contributed by atoms with E-state index in [0.717, 1.165) is 17.2 Å². The molecule has 0 unspecified atom stereocenters. The van der Waals surface area contributed by atoms with Gasteiger partial charge < -0.3 is 10.2 Å². The van der Waals surface area contributed by atoms with E-state index in [1.165, 1.54) is 9.80 Å². The molecule has 0 radical (unpaired) electrons. The number of halogens is 2. The van der Waals surface area contributed by atoms with Crippen LogP contribution in [0, 0.1) is 0 Å². The van der Waals surface area contributed by atoms with Gasteiger partial charge in [-0.2, -0.15) is 0 Å². The summed E-state index contributed by atoms with van der Waals surface area (Å²) in [6.45, 7) is 5.47. The fourth-order valence-electron chi connectivity index (χ4n) is 4.24. The van der Waals surface area contributed by atoms with E-state index in [9.17, 15) is 14.4 Å². The molecule has 4 rings (SSSR count). The van der Waals surface area contributed by atoms with E-state index in [-0.39, 0.29) is 36.9 Å². The summed E-state index contributed by atoms with van der Waals surface area (Å²) in [5, 5.41) is 5.60. The van der Waals surface area contributed by atoms with E-state index < -0.39 is 6.04 Å². The number of amides is 3. The number of nitrogens with one attached hydrogen (secondary N) is 1. The SMILES string of the molecule is CC[C@H](C)NC(=O)[C@@H](C)N(Cc1ccc(Cl)cc1Cl)C(=O)CN1C(=O)c2cccc3cccc1c23. The van der Waals surface area contributed by atoms with Gasteiger partial charge in [-0.3, -0.25) is 19.3 Å². The van der Waals surface area contributed by atoms with E-state index in [1.54, 1.807) is 31.2 Å². The maximum absolute atomic E-state index is 13.7. The summed E-state index contributed by atoms with van der Waals surface area (Å²) in [5.74, 6) is -0.858. The number of hydrogen-bond acceptors (Lipinski definition) is 3. The van der Waals surface area contributed by atoms with Gasteiger partial charge in [-0.05, 0) is 55.5 Å². The molecule has 1 N–H and O–H groups in total. The molecule has 0 saturated heterocycles. The zero-order valence-corrected chi connectivity index (χ0v) is 21.4. The van der Waals surface area contributed by atoms with E-state index in [4.69, 9.17) is 23.2 Å². The Morgan fingerprint density at radius 1 is 1.06 bits per heavy atom. The van der Waals surface area contributed by atoms with Crippen molar-refractivity contribution in [2.75, 3.05) is 11.4 Å². The van der Waals surface area contributed by atoms with Crippen molar-refractivity contribution in [1.29, 1.82) is 0 Å². The third kappa shape index (κ3) is 5.00. The average Bonchev–Trinajstić information content (AvgIpc) is 3.11. The lowest BCUT2D eigenvalue weighted by Crippen LogP contribution is -2.52. The fraction of sp³-hybridized carbons (Fsp3) is 0.296. The summed E-state index contributed by atoms with van der Waals surface area (Å²) >= 11 is 12.4. The number of benzene rings is 3. The Kier molecular flexibility index (Phi) is 7.33. The average molecular weight is 512 g/mol. The van der Waals surface area contributed by atoms with Crippen LogP contribution in [0.3, 0.4) is 0 Å². The predicted octanol–water partition coefficient (Wildman–Crippen LogP) is 5.44. The van der Waals surface area contributed by atoms with Gasteiger partial charge in [-0.25, -0.2) is 0 Å². The van der Waals surface area contributed by atoms with Crippen molar-refractivity contribution in [3.05, 3.63) is 75.8 Å². The van der Waals surface area contributed by atoms with Crippen LogP contribution in [0.25, 0.3) is 10.8 Å². The molecule has 35 heavy (non-hydrogen) atoms. The van der Waals surface area contributed by atoms with Crippen molar-refractivity contribution < 1.29 is 14.4 Å². The Morgan fingerprint density at radius 2 is 1.77 bits per heavy atom. The molecule has 0 saturated carbocycles. The van der Waals surface area contributed by atoms with E-state index in [0.29, 0.717) is 26.9 Å². The first-order valence-corrected chi connectivity index (χ1v) is 12.3. The highest BCUT2D eigenvalue weighted by atomic mass is 35.5. The molecule has 1 heterocycles. The monoisotopic (exact) mass is 511 g/mol. The number of carbonyl (C=O) groups is 3.